The molecule has 2 aromatic heterocycles. The third kappa shape index (κ3) is 4.13. The topological polar surface area (TPSA) is 63.8 Å². The Morgan fingerprint density at radius 1 is 1.21 bits per heavy atom. The Balaban J connectivity index is 1.97. The Labute approximate surface area is 113 Å². The Hall–Kier alpha value is -1.75. The van der Waals surface area contributed by atoms with Gasteiger partial charge in [-0.1, -0.05) is 0 Å². The van der Waals surface area contributed by atoms with Crippen molar-refractivity contribution in [3.63, 3.8) is 0 Å². The molecule has 0 radical (unpaired) electrons. The minimum absolute atomic E-state index is 0.101. The summed E-state index contributed by atoms with van der Waals surface area (Å²) in [4.78, 5) is 4.22. The highest BCUT2D eigenvalue weighted by molar-refractivity contribution is 5.50. The first-order valence-electron chi connectivity index (χ1n) is 6.44. The van der Waals surface area contributed by atoms with Gasteiger partial charge in [0.25, 0.3) is 0 Å². The molecule has 5 nitrogen and oxygen atoms in total. The second kappa shape index (κ2) is 5.48. The van der Waals surface area contributed by atoms with Crippen molar-refractivity contribution in [2.24, 2.45) is 0 Å². The lowest BCUT2D eigenvalue weighted by Gasteiger charge is -2.19. The van der Waals surface area contributed by atoms with Crippen LogP contribution < -0.4 is 5.32 Å². The van der Waals surface area contributed by atoms with E-state index in [0.717, 1.165) is 24.2 Å². The van der Waals surface area contributed by atoms with Crippen molar-refractivity contribution in [2.75, 3.05) is 6.54 Å². The molecule has 2 aromatic rings. The molecule has 0 unspecified atom stereocenters. The Bertz CT molecular complexity index is 525. The summed E-state index contributed by atoms with van der Waals surface area (Å²) in [7, 11) is 0. The van der Waals surface area contributed by atoms with E-state index in [-0.39, 0.29) is 5.54 Å². The molecule has 0 saturated heterocycles. The molecule has 0 bridgehead atoms. The molecule has 0 atom stereocenters. The summed E-state index contributed by atoms with van der Waals surface area (Å²) in [6.45, 7) is 9.15. The number of nitrogens with one attached hydrogen (secondary N) is 1. The van der Waals surface area contributed by atoms with Crippen LogP contribution in [0.3, 0.4) is 0 Å². The average molecular weight is 260 g/mol. The molecule has 0 spiro atoms. The Morgan fingerprint density at radius 2 is 2.00 bits per heavy atom. The van der Waals surface area contributed by atoms with Gasteiger partial charge in [-0.15, -0.1) is 10.2 Å². The van der Waals surface area contributed by atoms with Gasteiger partial charge in [-0.05, 0) is 39.8 Å². The Morgan fingerprint density at radius 3 is 2.63 bits per heavy atom. The largest absolute Gasteiger partial charge is 0.421 e. The number of rotatable bonds is 4. The molecule has 0 aromatic carbocycles. The van der Waals surface area contributed by atoms with Gasteiger partial charge < -0.3 is 9.73 Å². The van der Waals surface area contributed by atoms with Crippen molar-refractivity contribution in [3.8, 4) is 11.5 Å². The van der Waals surface area contributed by atoms with Gasteiger partial charge in [0.15, 0.2) is 0 Å². The fourth-order valence-corrected chi connectivity index (χ4v) is 1.61. The smallest absolute Gasteiger partial charge is 0.249 e. The van der Waals surface area contributed by atoms with Gasteiger partial charge in [-0.3, -0.25) is 4.98 Å². The molecule has 2 heterocycles. The third-order valence-corrected chi connectivity index (χ3v) is 2.62. The molecule has 0 saturated carbocycles. The minimum Gasteiger partial charge on any atom is -0.421 e. The maximum atomic E-state index is 5.62. The quantitative estimate of drug-likeness (QED) is 0.914. The van der Waals surface area contributed by atoms with E-state index in [0.29, 0.717) is 11.8 Å². The van der Waals surface area contributed by atoms with Gasteiger partial charge >= 0.3 is 0 Å². The predicted octanol–water partition coefficient (Wildman–Crippen LogP) is 2.37. The molecule has 102 valence electrons. The Kier molecular flexibility index (Phi) is 3.95. The summed E-state index contributed by atoms with van der Waals surface area (Å²) in [6.07, 6.45) is 2.48. The van der Waals surface area contributed by atoms with Crippen LogP contribution in [0.4, 0.5) is 0 Å². The van der Waals surface area contributed by atoms with Crippen LogP contribution in [-0.2, 0) is 6.42 Å². The third-order valence-electron chi connectivity index (χ3n) is 2.62. The molecule has 0 amide bonds. The predicted molar refractivity (Wildman–Crippen MR) is 73.7 cm³/mol. The van der Waals surface area contributed by atoms with Crippen LogP contribution in [-0.4, -0.2) is 27.3 Å². The molecule has 2 rings (SSSR count). The number of nitrogens with zero attached hydrogens (tertiary/aromatic N) is 3. The minimum atomic E-state index is 0.101. The monoisotopic (exact) mass is 260 g/mol. The first-order valence-corrected chi connectivity index (χ1v) is 6.44. The lowest BCUT2D eigenvalue weighted by Crippen LogP contribution is -2.37. The molecule has 1 N–H and O–H groups in total. The second-order valence-corrected chi connectivity index (χ2v) is 5.62. The summed E-state index contributed by atoms with van der Waals surface area (Å²) >= 11 is 0. The van der Waals surface area contributed by atoms with Gasteiger partial charge in [0, 0.05) is 30.4 Å². The lowest BCUT2D eigenvalue weighted by molar-refractivity contribution is 0.412. The number of aryl methyl sites for hydroxylation is 1. The number of aromatic nitrogens is 3. The first kappa shape index (κ1) is 13.7. The van der Waals surface area contributed by atoms with Gasteiger partial charge in [0.2, 0.25) is 11.8 Å². The van der Waals surface area contributed by atoms with Crippen molar-refractivity contribution >= 4 is 0 Å². The molecule has 0 aliphatic heterocycles. The lowest BCUT2D eigenvalue weighted by atomic mass is 10.1. The van der Waals surface area contributed by atoms with Crippen LogP contribution in [0.25, 0.3) is 11.5 Å². The first-order chi connectivity index (χ1) is 8.94. The van der Waals surface area contributed by atoms with Gasteiger partial charge in [-0.25, -0.2) is 0 Å². The molecule has 0 aliphatic carbocycles. The van der Waals surface area contributed by atoms with Crippen LogP contribution in [0.5, 0.6) is 0 Å². The van der Waals surface area contributed by atoms with Crippen molar-refractivity contribution in [2.45, 2.75) is 39.7 Å². The molecule has 5 heteroatoms. The highest BCUT2D eigenvalue weighted by Crippen LogP contribution is 2.16. The highest BCUT2D eigenvalue weighted by Gasteiger charge is 2.11. The van der Waals surface area contributed by atoms with E-state index >= 15 is 0 Å². The van der Waals surface area contributed by atoms with Crippen LogP contribution >= 0.6 is 0 Å². The van der Waals surface area contributed by atoms with Crippen molar-refractivity contribution in [1.82, 2.24) is 20.5 Å². The van der Waals surface area contributed by atoms with Crippen LogP contribution in [0.2, 0.25) is 0 Å². The summed E-state index contributed by atoms with van der Waals surface area (Å²) in [5, 5.41) is 11.5. The highest BCUT2D eigenvalue weighted by atomic mass is 16.4. The van der Waals surface area contributed by atoms with Crippen molar-refractivity contribution < 1.29 is 4.42 Å². The van der Waals surface area contributed by atoms with E-state index in [9.17, 15) is 0 Å². The molecule has 19 heavy (non-hydrogen) atoms. The number of hydrogen-bond donors (Lipinski definition) is 1. The summed E-state index contributed by atoms with van der Waals surface area (Å²) < 4.78 is 5.62. The fourth-order valence-electron chi connectivity index (χ4n) is 1.61. The zero-order valence-corrected chi connectivity index (χ0v) is 11.9. The van der Waals surface area contributed by atoms with Crippen molar-refractivity contribution in [3.05, 3.63) is 29.9 Å². The zero-order chi connectivity index (χ0) is 13.9. The van der Waals surface area contributed by atoms with Crippen LogP contribution in [0, 0.1) is 6.92 Å². The standard InChI is InChI=1S/C14H20N4O/c1-10-5-6-11(9-15-10)13-18-17-12(19-13)7-8-16-14(2,3)4/h5-6,9,16H,7-8H2,1-4H3. The molecule has 0 fully saturated rings. The van der Waals surface area contributed by atoms with E-state index in [2.05, 4.69) is 41.3 Å². The van der Waals surface area contributed by atoms with E-state index in [4.69, 9.17) is 4.42 Å². The van der Waals surface area contributed by atoms with Gasteiger partial charge in [-0.2, -0.15) is 0 Å². The fraction of sp³-hybridized carbons (Fsp3) is 0.500. The van der Waals surface area contributed by atoms with E-state index in [1.54, 1.807) is 6.20 Å². The molecule has 0 aliphatic rings. The van der Waals surface area contributed by atoms with Crippen LogP contribution in [0.15, 0.2) is 22.7 Å². The zero-order valence-electron chi connectivity index (χ0n) is 11.9. The van der Waals surface area contributed by atoms with E-state index in [1.807, 2.05) is 19.1 Å². The van der Waals surface area contributed by atoms with Gasteiger partial charge in [0.1, 0.15) is 0 Å². The van der Waals surface area contributed by atoms with Crippen LogP contribution in [0.1, 0.15) is 32.4 Å². The summed E-state index contributed by atoms with van der Waals surface area (Å²) in [6, 6.07) is 3.87. The molecular formula is C14H20N4O. The SMILES string of the molecule is Cc1ccc(-c2nnc(CCNC(C)(C)C)o2)cn1. The average Bonchev–Trinajstić information content (AvgIpc) is 2.77. The second-order valence-electron chi connectivity index (χ2n) is 5.62. The number of pyridine rings is 1. The van der Waals surface area contributed by atoms with E-state index < -0.39 is 0 Å². The van der Waals surface area contributed by atoms with Gasteiger partial charge in [0.05, 0.1) is 5.56 Å². The normalized spacial score (nSPS) is 11.8. The van der Waals surface area contributed by atoms with E-state index in [1.165, 1.54) is 0 Å². The summed E-state index contributed by atoms with van der Waals surface area (Å²) in [5.41, 5.74) is 1.93. The van der Waals surface area contributed by atoms with Crippen molar-refractivity contribution in [1.29, 1.82) is 0 Å². The maximum absolute atomic E-state index is 5.62. The molecular weight excluding hydrogens is 240 g/mol. The summed E-state index contributed by atoms with van der Waals surface area (Å²) in [5.74, 6) is 1.17. The number of hydrogen-bond acceptors (Lipinski definition) is 5. The maximum Gasteiger partial charge on any atom is 0.249 e.